The number of allylic oxidation sites excluding steroid dienone is 2. The van der Waals surface area contributed by atoms with Crippen LogP contribution in [0, 0.1) is 30.1 Å². The van der Waals surface area contributed by atoms with E-state index in [9.17, 15) is 10.1 Å². The molecule has 0 aromatic heterocycles. The molecule has 1 amide bonds. The molecule has 0 bridgehead atoms. The molecule has 2 fully saturated rings. The second-order valence-corrected chi connectivity index (χ2v) is 8.34. The van der Waals surface area contributed by atoms with E-state index in [1.807, 2.05) is 38.1 Å². The predicted octanol–water partition coefficient (Wildman–Crippen LogP) is 3.21. The van der Waals surface area contributed by atoms with Crippen LogP contribution in [0.3, 0.4) is 0 Å². The number of hydrogen-bond donors (Lipinski definition) is 2. The largest absolute Gasteiger partial charge is 0.369 e. The molecule has 1 aliphatic heterocycles. The molecule has 1 saturated heterocycles. The highest BCUT2D eigenvalue weighted by Gasteiger charge is 2.35. The molecule has 1 aromatic carbocycles. The number of amides is 1. The number of carbonyl (C=O) groups is 1. The third kappa shape index (κ3) is 5.04. The molecular weight excluding hydrogens is 362 g/mol. The molecule has 154 valence electrons. The van der Waals surface area contributed by atoms with Crippen molar-refractivity contribution in [3.63, 3.8) is 0 Å². The zero-order chi connectivity index (χ0) is 21.0. The predicted molar refractivity (Wildman–Crippen MR) is 117 cm³/mol. The monoisotopic (exact) mass is 393 g/mol. The Morgan fingerprint density at radius 1 is 1.41 bits per heavy atom. The Balaban J connectivity index is 1.80. The van der Waals surface area contributed by atoms with Crippen LogP contribution in [-0.4, -0.2) is 37.3 Å². The number of nitriles is 1. The van der Waals surface area contributed by atoms with Gasteiger partial charge in [-0.1, -0.05) is 13.0 Å². The summed E-state index contributed by atoms with van der Waals surface area (Å²) >= 11 is 0. The first-order chi connectivity index (χ1) is 13.9. The number of carbonyl (C=O) groups excluding carboxylic acids is 1. The summed E-state index contributed by atoms with van der Waals surface area (Å²) in [5.41, 5.74) is 9.40. The molecule has 3 rings (SSSR count). The number of aliphatic imine (C=N–C) groups is 1. The number of benzene rings is 1. The molecule has 6 heteroatoms. The molecule has 1 saturated carbocycles. The van der Waals surface area contributed by atoms with Crippen molar-refractivity contribution in [1.29, 1.82) is 5.26 Å². The van der Waals surface area contributed by atoms with Gasteiger partial charge in [0, 0.05) is 31.0 Å². The Bertz CT molecular complexity index is 850. The van der Waals surface area contributed by atoms with Gasteiger partial charge in [-0.15, -0.1) is 0 Å². The van der Waals surface area contributed by atoms with Crippen molar-refractivity contribution in [2.24, 2.45) is 22.6 Å². The smallest absolute Gasteiger partial charge is 0.237 e. The lowest BCUT2D eigenvalue weighted by molar-refractivity contribution is -0.123. The summed E-state index contributed by atoms with van der Waals surface area (Å²) in [5, 5.41) is 12.6. The van der Waals surface area contributed by atoms with Gasteiger partial charge in [0.25, 0.3) is 0 Å². The number of rotatable bonds is 6. The van der Waals surface area contributed by atoms with Gasteiger partial charge in [0.1, 0.15) is 6.07 Å². The van der Waals surface area contributed by atoms with Gasteiger partial charge in [0.2, 0.25) is 5.91 Å². The van der Waals surface area contributed by atoms with E-state index in [4.69, 9.17) is 5.73 Å². The molecule has 1 aliphatic carbocycles. The van der Waals surface area contributed by atoms with E-state index in [0.717, 1.165) is 43.6 Å². The Morgan fingerprint density at radius 2 is 2.17 bits per heavy atom. The average molecular weight is 394 g/mol. The molecule has 29 heavy (non-hydrogen) atoms. The summed E-state index contributed by atoms with van der Waals surface area (Å²) in [6.07, 6.45) is 8.53. The van der Waals surface area contributed by atoms with Gasteiger partial charge >= 0.3 is 0 Å². The minimum absolute atomic E-state index is 0.0280. The second-order valence-electron chi connectivity index (χ2n) is 8.34. The molecule has 3 atom stereocenters. The lowest BCUT2D eigenvalue weighted by atomic mass is 9.94. The molecule has 0 radical (unpaired) electrons. The Morgan fingerprint density at radius 3 is 2.83 bits per heavy atom. The first kappa shape index (κ1) is 21.1. The van der Waals surface area contributed by atoms with E-state index < -0.39 is 0 Å². The summed E-state index contributed by atoms with van der Waals surface area (Å²) < 4.78 is 0. The molecule has 0 spiro atoms. The highest BCUT2D eigenvalue weighted by atomic mass is 16.2. The minimum Gasteiger partial charge on any atom is -0.369 e. The van der Waals surface area contributed by atoms with Gasteiger partial charge in [-0.2, -0.15) is 5.26 Å². The minimum atomic E-state index is -0.384. The highest BCUT2D eigenvalue weighted by Crippen LogP contribution is 2.35. The molecule has 1 unspecified atom stereocenters. The van der Waals surface area contributed by atoms with E-state index >= 15 is 0 Å². The zero-order valence-corrected chi connectivity index (χ0v) is 17.6. The van der Waals surface area contributed by atoms with Gasteiger partial charge in [0.05, 0.1) is 17.3 Å². The van der Waals surface area contributed by atoms with Gasteiger partial charge in [0.15, 0.2) is 0 Å². The molecule has 3 N–H and O–H groups in total. The van der Waals surface area contributed by atoms with Crippen molar-refractivity contribution < 1.29 is 4.79 Å². The van der Waals surface area contributed by atoms with Gasteiger partial charge in [-0.05, 0) is 68.7 Å². The third-order valence-electron chi connectivity index (χ3n) is 5.78. The lowest BCUT2D eigenvalue weighted by Gasteiger charge is -2.39. The third-order valence-corrected chi connectivity index (χ3v) is 5.78. The number of anilines is 1. The van der Waals surface area contributed by atoms with Crippen LogP contribution in [0.2, 0.25) is 0 Å². The number of piperidine rings is 1. The highest BCUT2D eigenvalue weighted by molar-refractivity contribution is 5.83. The van der Waals surface area contributed by atoms with Crippen molar-refractivity contribution in [3.8, 4) is 6.07 Å². The van der Waals surface area contributed by atoms with E-state index in [0.29, 0.717) is 23.1 Å². The van der Waals surface area contributed by atoms with Crippen molar-refractivity contribution >= 4 is 23.5 Å². The fourth-order valence-electron chi connectivity index (χ4n) is 4.11. The van der Waals surface area contributed by atoms with Crippen LogP contribution in [0.4, 0.5) is 11.4 Å². The standard InChI is InChI=1S/C23H31N5O/c1-4-5-10-26-22-16(3)20(9-8-18(22)12-24)28-13-15(2)11-19(14-28)27-23(29)21(25)17-6-7-17/h4-5,8-10,15,17,19,21H,6-7,11,13-14,25H2,1-3H3,(H,27,29)/b5-4+,26-10-/t15-,19+,21?/m0/s1. The summed E-state index contributed by atoms with van der Waals surface area (Å²) in [7, 11) is 0. The quantitative estimate of drug-likeness (QED) is 0.726. The number of nitrogens with one attached hydrogen (secondary N) is 1. The van der Waals surface area contributed by atoms with Crippen LogP contribution in [0.15, 0.2) is 29.3 Å². The Kier molecular flexibility index (Phi) is 6.71. The fraction of sp³-hybridized carbons (Fsp3) is 0.522. The summed E-state index contributed by atoms with van der Waals surface area (Å²) in [5.74, 6) is 0.765. The summed E-state index contributed by atoms with van der Waals surface area (Å²) in [4.78, 5) is 19.3. The SMILES string of the molecule is C/C=C/C=N\c1c(C#N)ccc(N2C[C@@H](C)C[C@@H](NC(=O)C(N)C3CC3)C2)c1C. The fourth-order valence-corrected chi connectivity index (χ4v) is 4.11. The molecule has 2 aliphatic rings. The van der Waals surface area contributed by atoms with Crippen LogP contribution in [-0.2, 0) is 4.79 Å². The van der Waals surface area contributed by atoms with E-state index in [1.54, 1.807) is 6.21 Å². The zero-order valence-electron chi connectivity index (χ0n) is 17.6. The second kappa shape index (κ2) is 9.23. The van der Waals surface area contributed by atoms with Crippen molar-refractivity contribution in [2.75, 3.05) is 18.0 Å². The molecule has 6 nitrogen and oxygen atoms in total. The van der Waals surface area contributed by atoms with Crippen LogP contribution < -0.4 is 16.0 Å². The van der Waals surface area contributed by atoms with Crippen LogP contribution in [0.25, 0.3) is 0 Å². The van der Waals surface area contributed by atoms with Crippen molar-refractivity contribution in [3.05, 3.63) is 35.4 Å². The maximum absolute atomic E-state index is 12.5. The Hall–Kier alpha value is -2.65. The van der Waals surface area contributed by atoms with Crippen molar-refractivity contribution in [2.45, 2.75) is 52.1 Å². The van der Waals surface area contributed by atoms with Crippen LogP contribution >= 0.6 is 0 Å². The Labute approximate surface area is 173 Å². The summed E-state index contributed by atoms with van der Waals surface area (Å²) in [6.45, 7) is 7.79. The number of hydrogen-bond acceptors (Lipinski definition) is 5. The first-order valence-electron chi connectivity index (χ1n) is 10.4. The van der Waals surface area contributed by atoms with E-state index in [2.05, 4.69) is 28.2 Å². The topological polar surface area (TPSA) is 94.5 Å². The van der Waals surface area contributed by atoms with Gasteiger partial charge < -0.3 is 16.0 Å². The number of nitrogens with zero attached hydrogens (tertiary/aromatic N) is 3. The van der Waals surface area contributed by atoms with Crippen LogP contribution in [0.5, 0.6) is 0 Å². The maximum Gasteiger partial charge on any atom is 0.237 e. The van der Waals surface area contributed by atoms with Crippen molar-refractivity contribution in [1.82, 2.24) is 5.32 Å². The van der Waals surface area contributed by atoms with E-state index in [1.165, 1.54) is 0 Å². The van der Waals surface area contributed by atoms with E-state index in [-0.39, 0.29) is 18.0 Å². The van der Waals surface area contributed by atoms with Gasteiger partial charge in [-0.25, -0.2) is 0 Å². The lowest BCUT2D eigenvalue weighted by Crippen LogP contribution is -2.54. The van der Waals surface area contributed by atoms with Gasteiger partial charge in [-0.3, -0.25) is 9.79 Å². The maximum atomic E-state index is 12.5. The summed E-state index contributed by atoms with van der Waals surface area (Å²) in [6, 6.07) is 5.75. The number of nitrogens with two attached hydrogens (primary N) is 1. The average Bonchev–Trinajstić information content (AvgIpc) is 3.53. The van der Waals surface area contributed by atoms with Crippen LogP contribution in [0.1, 0.15) is 44.2 Å². The first-order valence-corrected chi connectivity index (χ1v) is 10.4. The molecule has 1 aromatic rings. The molecule has 1 heterocycles. The normalized spacial score (nSPS) is 23.3. The molecular formula is C23H31N5O.